The topological polar surface area (TPSA) is 52.0 Å². The first kappa shape index (κ1) is 10.8. The summed E-state index contributed by atoms with van der Waals surface area (Å²) in [7, 11) is 0. The Kier molecular flexibility index (Phi) is 3.32. The molecule has 0 N–H and O–H groups in total. The molecule has 1 atom stereocenters. The number of hydrogen-bond acceptors (Lipinski definition) is 2. The summed E-state index contributed by atoms with van der Waals surface area (Å²) in [6, 6.07) is 7.80. The van der Waals surface area contributed by atoms with Crippen molar-refractivity contribution in [1.82, 2.24) is 0 Å². The smallest absolute Gasteiger partial charge is 0.0376 e. The summed E-state index contributed by atoms with van der Waals surface area (Å²) in [6.45, 7) is 4.55. The molecule has 1 unspecified atom stereocenters. The summed E-state index contributed by atoms with van der Waals surface area (Å²) in [6.07, 6.45) is 2.59. The van der Waals surface area contributed by atoms with Crippen LogP contribution in [0.2, 0.25) is 0 Å². The van der Waals surface area contributed by atoms with Crippen LogP contribution in [-0.2, 0) is 0 Å². The Morgan fingerprint density at radius 2 is 2.12 bits per heavy atom. The van der Waals surface area contributed by atoms with E-state index in [1.165, 1.54) is 18.5 Å². The summed E-state index contributed by atoms with van der Waals surface area (Å²) >= 11 is 0. The summed E-state index contributed by atoms with van der Waals surface area (Å²) in [5.41, 5.74) is 10.2. The zero-order chi connectivity index (χ0) is 11.4. The Balaban J connectivity index is 2.11. The van der Waals surface area contributed by atoms with Gasteiger partial charge in [-0.15, -0.1) is 0 Å². The van der Waals surface area contributed by atoms with Crippen molar-refractivity contribution in [3.63, 3.8) is 0 Å². The van der Waals surface area contributed by atoms with Gasteiger partial charge in [-0.05, 0) is 36.4 Å². The first-order valence-electron chi connectivity index (χ1n) is 5.69. The minimum atomic E-state index is 0.677. The maximum Gasteiger partial charge on any atom is 0.0376 e. The number of hydrogen-bond donors (Lipinski definition) is 0. The fourth-order valence-electron chi connectivity index (χ4n) is 2.21. The molecule has 1 aromatic carbocycles. The van der Waals surface area contributed by atoms with Gasteiger partial charge in [0, 0.05) is 29.4 Å². The summed E-state index contributed by atoms with van der Waals surface area (Å²) in [4.78, 5) is 5.17. The van der Waals surface area contributed by atoms with Crippen LogP contribution in [0.4, 0.5) is 11.4 Å². The lowest BCUT2D eigenvalue weighted by Crippen LogP contribution is -2.34. The molecule has 84 valence electrons. The van der Waals surface area contributed by atoms with Gasteiger partial charge in [-0.25, -0.2) is 0 Å². The third-order valence-electron chi connectivity index (χ3n) is 3.03. The predicted molar refractivity (Wildman–Crippen MR) is 65.9 cm³/mol. The fraction of sp³-hybridized carbons (Fsp3) is 0.500. The summed E-state index contributed by atoms with van der Waals surface area (Å²) in [5.74, 6) is 0.769. The molecule has 1 aliphatic heterocycles. The van der Waals surface area contributed by atoms with Crippen LogP contribution in [0.1, 0.15) is 19.8 Å². The lowest BCUT2D eigenvalue weighted by Gasteiger charge is -2.32. The summed E-state index contributed by atoms with van der Waals surface area (Å²) in [5, 5.41) is 3.57. The Morgan fingerprint density at radius 3 is 2.75 bits per heavy atom. The molecule has 16 heavy (non-hydrogen) atoms. The van der Waals surface area contributed by atoms with Gasteiger partial charge in [0.2, 0.25) is 0 Å². The van der Waals surface area contributed by atoms with Gasteiger partial charge in [0.1, 0.15) is 0 Å². The van der Waals surface area contributed by atoms with Crippen molar-refractivity contribution in [2.24, 2.45) is 11.0 Å². The number of azide groups is 1. The highest BCUT2D eigenvalue weighted by atomic mass is 15.1. The molecular weight excluding hydrogens is 200 g/mol. The van der Waals surface area contributed by atoms with Gasteiger partial charge >= 0.3 is 0 Å². The van der Waals surface area contributed by atoms with Crippen molar-refractivity contribution in [3.05, 3.63) is 34.7 Å². The second-order valence-corrected chi connectivity index (χ2v) is 4.40. The zero-order valence-corrected chi connectivity index (χ0v) is 9.50. The minimum absolute atomic E-state index is 0.677. The average Bonchev–Trinajstić information content (AvgIpc) is 2.30. The molecule has 2 rings (SSSR count). The second kappa shape index (κ2) is 4.90. The molecule has 1 fully saturated rings. The quantitative estimate of drug-likeness (QED) is 0.420. The maximum atomic E-state index is 8.32. The molecule has 1 heterocycles. The van der Waals surface area contributed by atoms with E-state index in [2.05, 4.69) is 21.8 Å². The van der Waals surface area contributed by atoms with Gasteiger partial charge in [0.05, 0.1) is 0 Å². The van der Waals surface area contributed by atoms with E-state index in [1.807, 2.05) is 24.3 Å². The zero-order valence-electron chi connectivity index (χ0n) is 9.50. The molecule has 1 aliphatic rings. The molecule has 4 nitrogen and oxygen atoms in total. The standard InChI is InChI=1S/C12H16N4/c1-10-3-2-8-16(9-10)12-6-4-11(5-7-12)14-15-13/h4-7,10H,2-3,8-9H2,1H3. The lowest BCUT2D eigenvalue weighted by molar-refractivity contribution is 0.447. The van der Waals surface area contributed by atoms with Crippen LogP contribution in [0.25, 0.3) is 10.4 Å². The Labute approximate surface area is 95.5 Å². The van der Waals surface area contributed by atoms with Crippen LogP contribution >= 0.6 is 0 Å². The van der Waals surface area contributed by atoms with E-state index in [0.29, 0.717) is 5.69 Å². The molecule has 0 aliphatic carbocycles. The van der Waals surface area contributed by atoms with Crippen LogP contribution in [0.15, 0.2) is 29.4 Å². The molecule has 0 aromatic heterocycles. The molecular formula is C12H16N4. The average molecular weight is 216 g/mol. The number of anilines is 1. The van der Waals surface area contributed by atoms with E-state index in [0.717, 1.165) is 19.0 Å². The highest BCUT2D eigenvalue weighted by Crippen LogP contribution is 2.24. The first-order valence-corrected chi connectivity index (χ1v) is 5.69. The largest absolute Gasteiger partial charge is 0.371 e. The minimum Gasteiger partial charge on any atom is -0.371 e. The van der Waals surface area contributed by atoms with Gasteiger partial charge in [-0.1, -0.05) is 24.2 Å². The molecule has 0 radical (unpaired) electrons. The van der Waals surface area contributed by atoms with Gasteiger partial charge in [-0.2, -0.15) is 0 Å². The molecule has 1 saturated heterocycles. The Bertz CT molecular complexity index is 392. The van der Waals surface area contributed by atoms with E-state index in [9.17, 15) is 0 Å². The number of rotatable bonds is 2. The molecule has 0 saturated carbocycles. The third kappa shape index (κ3) is 2.47. The second-order valence-electron chi connectivity index (χ2n) is 4.40. The van der Waals surface area contributed by atoms with Crippen LogP contribution in [0.5, 0.6) is 0 Å². The van der Waals surface area contributed by atoms with Crippen molar-refractivity contribution in [2.75, 3.05) is 18.0 Å². The molecule has 0 amide bonds. The van der Waals surface area contributed by atoms with Crippen molar-refractivity contribution >= 4 is 11.4 Å². The predicted octanol–water partition coefficient (Wildman–Crippen LogP) is 3.86. The van der Waals surface area contributed by atoms with Crippen molar-refractivity contribution in [1.29, 1.82) is 0 Å². The van der Waals surface area contributed by atoms with E-state index in [1.54, 1.807) is 0 Å². The van der Waals surface area contributed by atoms with Crippen molar-refractivity contribution < 1.29 is 0 Å². The van der Waals surface area contributed by atoms with Crippen LogP contribution < -0.4 is 4.90 Å². The monoisotopic (exact) mass is 216 g/mol. The van der Waals surface area contributed by atoms with E-state index < -0.39 is 0 Å². The Hall–Kier alpha value is -1.67. The van der Waals surface area contributed by atoms with E-state index >= 15 is 0 Å². The van der Waals surface area contributed by atoms with Crippen molar-refractivity contribution in [2.45, 2.75) is 19.8 Å². The normalized spacial score (nSPS) is 20.3. The molecule has 0 bridgehead atoms. The SMILES string of the molecule is CC1CCCN(c2ccc(N=[N+]=[N-])cc2)C1. The maximum absolute atomic E-state index is 8.32. The Morgan fingerprint density at radius 1 is 1.38 bits per heavy atom. The molecule has 4 heteroatoms. The summed E-state index contributed by atoms with van der Waals surface area (Å²) < 4.78 is 0. The lowest BCUT2D eigenvalue weighted by atomic mass is 10.00. The van der Waals surface area contributed by atoms with E-state index in [-0.39, 0.29) is 0 Å². The first-order chi connectivity index (χ1) is 7.79. The van der Waals surface area contributed by atoms with Gasteiger partial charge in [0.15, 0.2) is 0 Å². The van der Waals surface area contributed by atoms with Gasteiger partial charge < -0.3 is 4.90 Å². The van der Waals surface area contributed by atoms with Crippen LogP contribution in [-0.4, -0.2) is 13.1 Å². The van der Waals surface area contributed by atoms with Gasteiger partial charge in [0.25, 0.3) is 0 Å². The van der Waals surface area contributed by atoms with Crippen LogP contribution in [0.3, 0.4) is 0 Å². The van der Waals surface area contributed by atoms with Crippen LogP contribution in [0, 0.1) is 5.92 Å². The number of nitrogens with zero attached hydrogens (tertiary/aromatic N) is 4. The molecule has 0 spiro atoms. The number of benzene rings is 1. The number of piperidine rings is 1. The fourth-order valence-corrected chi connectivity index (χ4v) is 2.21. The highest BCUT2D eigenvalue weighted by molar-refractivity contribution is 5.53. The van der Waals surface area contributed by atoms with E-state index in [4.69, 9.17) is 5.53 Å². The van der Waals surface area contributed by atoms with Gasteiger partial charge in [-0.3, -0.25) is 0 Å². The van der Waals surface area contributed by atoms with Crippen molar-refractivity contribution in [3.8, 4) is 0 Å². The molecule has 1 aromatic rings. The third-order valence-corrected chi connectivity index (χ3v) is 3.03. The highest BCUT2D eigenvalue weighted by Gasteiger charge is 2.16.